The van der Waals surface area contributed by atoms with E-state index in [4.69, 9.17) is 5.11 Å². The van der Waals surface area contributed by atoms with Crippen LogP contribution in [0, 0.1) is 0 Å². The summed E-state index contributed by atoms with van der Waals surface area (Å²) in [7, 11) is 0. The number of amides is 2. The number of nitrogens with zero attached hydrogens (tertiary/aromatic N) is 1. The highest BCUT2D eigenvalue weighted by Gasteiger charge is 2.23. The summed E-state index contributed by atoms with van der Waals surface area (Å²) in [5.41, 5.74) is 0.267. The average Bonchev–Trinajstić information content (AvgIpc) is 2.19. The maximum absolute atomic E-state index is 11.3. The molecule has 0 aromatic heterocycles. The van der Waals surface area contributed by atoms with Crippen LogP contribution in [0.1, 0.15) is 6.92 Å². The van der Waals surface area contributed by atoms with Crippen LogP contribution in [-0.2, 0) is 4.74 Å². The number of carbonyl (C=O) groups excluding carboxylic acids is 1. The predicted molar refractivity (Wildman–Crippen MR) is 54.0 cm³/mol. The van der Waals surface area contributed by atoms with E-state index >= 15 is 0 Å². The number of hydrogen-bond acceptors (Lipinski definition) is 3. The van der Waals surface area contributed by atoms with Gasteiger partial charge >= 0.3 is 12.2 Å². The summed E-state index contributed by atoms with van der Waals surface area (Å²) < 4.78 is 4.63. The van der Waals surface area contributed by atoms with E-state index in [2.05, 4.69) is 4.74 Å². The zero-order valence-electron chi connectivity index (χ0n) is 8.21. The van der Waals surface area contributed by atoms with Crippen molar-refractivity contribution in [3.63, 3.8) is 0 Å². The van der Waals surface area contributed by atoms with Gasteiger partial charge < -0.3 is 9.84 Å². The molecule has 1 N–H and O–H groups in total. The van der Waals surface area contributed by atoms with Gasteiger partial charge in [0, 0.05) is 0 Å². The first-order chi connectivity index (χ1) is 7.16. The topological polar surface area (TPSA) is 66.8 Å². The molecule has 0 aliphatic heterocycles. The molecule has 0 aliphatic carbocycles. The second-order valence-electron chi connectivity index (χ2n) is 2.65. The van der Waals surface area contributed by atoms with Crippen LogP contribution in [0.2, 0.25) is 0 Å². The fourth-order valence-electron chi connectivity index (χ4n) is 1.06. The number of hydrogen-bond donors (Lipinski definition) is 1. The minimum atomic E-state index is -1.36. The molecule has 0 radical (unpaired) electrons. The van der Waals surface area contributed by atoms with Gasteiger partial charge in [0.1, 0.15) is 0 Å². The molecule has 0 heterocycles. The molecule has 5 nitrogen and oxygen atoms in total. The molecule has 2 amide bonds. The van der Waals surface area contributed by atoms with Crippen LogP contribution >= 0.6 is 0 Å². The molecule has 0 bridgehead atoms. The number of carbonyl (C=O) groups is 2. The van der Waals surface area contributed by atoms with Crippen molar-refractivity contribution in [2.45, 2.75) is 6.92 Å². The third-order valence-corrected chi connectivity index (χ3v) is 1.66. The van der Waals surface area contributed by atoms with Crippen molar-refractivity contribution in [1.82, 2.24) is 0 Å². The Morgan fingerprint density at radius 3 is 2.40 bits per heavy atom. The Morgan fingerprint density at radius 1 is 1.33 bits per heavy atom. The Hall–Kier alpha value is -2.04. The van der Waals surface area contributed by atoms with Crippen molar-refractivity contribution in [2.75, 3.05) is 11.5 Å². The Bertz CT molecular complexity index is 350. The third-order valence-electron chi connectivity index (χ3n) is 1.66. The maximum Gasteiger partial charge on any atom is 0.423 e. The molecule has 0 saturated carbocycles. The van der Waals surface area contributed by atoms with Gasteiger partial charge in [-0.3, -0.25) is 0 Å². The molecule has 15 heavy (non-hydrogen) atoms. The molecule has 1 aromatic rings. The monoisotopic (exact) mass is 209 g/mol. The van der Waals surface area contributed by atoms with Crippen molar-refractivity contribution in [1.29, 1.82) is 0 Å². The molecule has 0 unspecified atom stereocenters. The van der Waals surface area contributed by atoms with Crippen molar-refractivity contribution in [3.8, 4) is 0 Å². The lowest BCUT2D eigenvalue weighted by atomic mass is 10.3. The number of imide groups is 1. The van der Waals surface area contributed by atoms with Gasteiger partial charge in [0.15, 0.2) is 0 Å². The maximum atomic E-state index is 11.3. The van der Waals surface area contributed by atoms with Crippen LogP contribution in [0.5, 0.6) is 0 Å². The Labute approximate surface area is 86.9 Å². The van der Waals surface area contributed by atoms with Crippen LogP contribution < -0.4 is 4.90 Å². The number of benzene rings is 1. The highest BCUT2D eigenvalue weighted by Crippen LogP contribution is 2.14. The van der Waals surface area contributed by atoms with Crippen LogP contribution in [0.3, 0.4) is 0 Å². The number of ether oxygens (including phenoxy) is 1. The van der Waals surface area contributed by atoms with Crippen LogP contribution in [0.4, 0.5) is 15.3 Å². The summed E-state index contributed by atoms with van der Waals surface area (Å²) in [6.45, 7) is 1.75. The van der Waals surface area contributed by atoms with Crippen LogP contribution in [0.15, 0.2) is 30.3 Å². The Kier molecular flexibility index (Phi) is 3.68. The lowest BCUT2D eigenvalue weighted by Gasteiger charge is -2.16. The molecule has 5 heteroatoms. The molecule has 0 atom stereocenters. The molecular formula is C10H11NO4. The number of para-hydroxylation sites is 1. The van der Waals surface area contributed by atoms with Gasteiger partial charge in [0.2, 0.25) is 0 Å². The van der Waals surface area contributed by atoms with Gasteiger partial charge in [-0.15, -0.1) is 0 Å². The molecule has 0 saturated heterocycles. The van der Waals surface area contributed by atoms with Crippen LogP contribution in [-0.4, -0.2) is 23.9 Å². The zero-order valence-corrected chi connectivity index (χ0v) is 8.21. The van der Waals surface area contributed by atoms with E-state index in [0.29, 0.717) is 4.90 Å². The average molecular weight is 209 g/mol. The number of rotatable bonds is 2. The van der Waals surface area contributed by atoms with E-state index in [1.807, 2.05) is 0 Å². The van der Waals surface area contributed by atoms with Crippen molar-refractivity contribution in [2.24, 2.45) is 0 Å². The summed E-state index contributed by atoms with van der Waals surface area (Å²) in [6.07, 6.45) is -2.25. The largest absolute Gasteiger partial charge is 0.464 e. The first-order valence-corrected chi connectivity index (χ1v) is 4.41. The second-order valence-corrected chi connectivity index (χ2v) is 2.65. The van der Waals surface area contributed by atoms with Crippen molar-refractivity contribution in [3.05, 3.63) is 30.3 Å². The Balaban J connectivity index is 2.94. The van der Waals surface area contributed by atoms with Gasteiger partial charge in [0.05, 0.1) is 12.3 Å². The lowest BCUT2D eigenvalue weighted by molar-refractivity contribution is 0.154. The molecule has 0 aliphatic rings. The van der Waals surface area contributed by atoms with E-state index < -0.39 is 12.2 Å². The lowest BCUT2D eigenvalue weighted by Crippen LogP contribution is -2.36. The van der Waals surface area contributed by atoms with E-state index in [0.717, 1.165) is 0 Å². The molecule has 1 rings (SSSR count). The van der Waals surface area contributed by atoms with Gasteiger partial charge in [-0.05, 0) is 19.1 Å². The summed E-state index contributed by atoms with van der Waals surface area (Å²) in [6, 6.07) is 8.06. The summed E-state index contributed by atoms with van der Waals surface area (Å²) in [5.74, 6) is 0. The first kappa shape index (κ1) is 11.0. The predicted octanol–water partition coefficient (Wildman–Crippen LogP) is 2.33. The van der Waals surface area contributed by atoms with Crippen molar-refractivity contribution < 1.29 is 19.4 Å². The third kappa shape index (κ3) is 2.70. The molecular weight excluding hydrogens is 198 g/mol. The fourth-order valence-corrected chi connectivity index (χ4v) is 1.06. The zero-order chi connectivity index (χ0) is 11.3. The smallest absolute Gasteiger partial charge is 0.423 e. The SMILES string of the molecule is CCOC(=O)N(C(=O)O)c1ccccc1. The van der Waals surface area contributed by atoms with Gasteiger partial charge in [-0.25, -0.2) is 9.59 Å². The quantitative estimate of drug-likeness (QED) is 0.811. The normalized spacial score (nSPS) is 9.40. The highest BCUT2D eigenvalue weighted by molar-refractivity contribution is 6.08. The van der Waals surface area contributed by atoms with Gasteiger partial charge in [-0.2, -0.15) is 4.90 Å². The van der Waals surface area contributed by atoms with E-state index in [1.165, 1.54) is 12.1 Å². The first-order valence-electron chi connectivity index (χ1n) is 4.41. The summed E-state index contributed by atoms with van der Waals surface area (Å²) in [5, 5.41) is 8.85. The minimum absolute atomic E-state index is 0.134. The van der Waals surface area contributed by atoms with Gasteiger partial charge in [-0.1, -0.05) is 18.2 Å². The van der Waals surface area contributed by atoms with Crippen LogP contribution in [0.25, 0.3) is 0 Å². The fraction of sp³-hybridized carbons (Fsp3) is 0.200. The summed E-state index contributed by atoms with van der Waals surface area (Å²) >= 11 is 0. The van der Waals surface area contributed by atoms with Gasteiger partial charge in [0.25, 0.3) is 0 Å². The molecule has 80 valence electrons. The minimum Gasteiger partial charge on any atom is -0.464 e. The van der Waals surface area contributed by atoms with Crippen molar-refractivity contribution >= 4 is 17.9 Å². The van der Waals surface area contributed by atoms with E-state index in [-0.39, 0.29) is 12.3 Å². The Morgan fingerprint density at radius 2 is 1.93 bits per heavy atom. The molecule has 0 spiro atoms. The van der Waals surface area contributed by atoms with E-state index in [1.54, 1.807) is 25.1 Å². The molecule has 1 aromatic carbocycles. The number of carboxylic acid groups (broad SMARTS) is 1. The number of anilines is 1. The highest BCUT2D eigenvalue weighted by atomic mass is 16.6. The second kappa shape index (κ2) is 4.99. The summed E-state index contributed by atoms with van der Waals surface area (Å²) in [4.78, 5) is 22.7. The molecule has 0 fully saturated rings. The van der Waals surface area contributed by atoms with E-state index in [9.17, 15) is 9.59 Å². The standard InChI is InChI=1S/C10H11NO4/c1-2-15-10(14)11(9(12)13)8-6-4-3-5-7-8/h3-7H,2H2,1H3,(H,12,13).